The Morgan fingerprint density at radius 3 is 2.57 bits per heavy atom. The van der Waals surface area contributed by atoms with Crippen LogP contribution in [-0.2, 0) is 17.9 Å². The summed E-state index contributed by atoms with van der Waals surface area (Å²) in [5.74, 6) is -2.86. The first-order valence-electron chi connectivity index (χ1n) is 8.01. The molecule has 0 spiro atoms. The Kier molecular flexibility index (Phi) is 5.48. The summed E-state index contributed by atoms with van der Waals surface area (Å²) in [5.41, 5.74) is -0.297. The molecule has 0 saturated heterocycles. The van der Waals surface area contributed by atoms with E-state index in [0.29, 0.717) is 17.9 Å². The number of benzene rings is 1. The maximum Gasteiger partial charge on any atom is 0.412 e. The summed E-state index contributed by atoms with van der Waals surface area (Å²) in [6.45, 7) is 0.891. The van der Waals surface area contributed by atoms with Crippen LogP contribution in [0.25, 0.3) is 0 Å². The molecule has 2 aromatic heterocycles. The number of Topliss-reactive ketones (excluding diaryl/α,β-unsaturated/α-hetero) is 1. The van der Waals surface area contributed by atoms with Gasteiger partial charge in [-0.1, -0.05) is 0 Å². The third-order valence-electron chi connectivity index (χ3n) is 3.66. The highest BCUT2D eigenvalue weighted by molar-refractivity contribution is 5.91. The molecule has 1 aromatic carbocycles. The van der Waals surface area contributed by atoms with Crippen LogP contribution in [0, 0.1) is 17.5 Å². The fourth-order valence-corrected chi connectivity index (χ4v) is 2.33. The minimum Gasteiger partial charge on any atom is -0.456 e. The van der Waals surface area contributed by atoms with Crippen LogP contribution in [0.3, 0.4) is 0 Å². The third kappa shape index (κ3) is 4.58. The van der Waals surface area contributed by atoms with E-state index in [-0.39, 0.29) is 23.8 Å². The number of amides is 1. The monoisotopic (exact) mass is 393 g/mol. The number of nitrogens with zero attached hydrogens (tertiary/aromatic N) is 2. The summed E-state index contributed by atoms with van der Waals surface area (Å²) in [5, 5.41) is 6.36. The van der Waals surface area contributed by atoms with Crippen molar-refractivity contribution in [2.45, 2.75) is 20.1 Å². The van der Waals surface area contributed by atoms with Crippen LogP contribution >= 0.6 is 0 Å². The lowest BCUT2D eigenvalue weighted by atomic mass is 10.2. The molecule has 0 bridgehead atoms. The highest BCUT2D eigenvalue weighted by Gasteiger charge is 2.14. The summed E-state index contributed by atoms with van der Waals surface area (Å²) < 4.78 is 51.4. The molecule has 10 heteroatoms. The predicted octanol–water partition coefficient (Wildman–Crippen LogP) is 3.89. The number of nitrogens with one attached hydrogen (secondary N) is 1. The number of halogens is 3. The van der Waals surface area contributed by atoms with E-state index < -0.39 is 35.7 Å². The first kappa shape index (κ1) is 19.2. The van der Waals surface area contributed by atoms with Crippen molar-refractivity contribution in [1.82, 2.24) is 9.78 Å². The SMILES string of the molecule is CC(=O)c1ccc(Cn2cc(NC(=O)OCc3c(F)cc(F)cc3F)cn2)o1. The second kappa shape index (κ2) is 7.99. The molecule has 3 rings (SSSR count). The molecule has 28 heavy (non-hydrogen) atoms. The molecule has 7 nitrogen and oxygen atoms in total. The van der Waals surface area contributed by atoms with Gasteiger partial charge >= 0.3 is 6.09 Å². The molecule has 2 heterocycles. The molecule has 0 radical (unpaired) electrons. The minimum atomic E-state index is -1.15. The number of hydrogen-bond acceptors (Lipinski definition) is 5. The van der Waals surface area contributed by atoms with E-state index in [0.717, 1.165) is 0 Å². The Morgan fingerprint density at radius 1 is 1.21 bits per heavy atom. The lowest BCUT2D eigenvalue weighted by molar-refractivity contribution is 0.0985. The second-order valence-corrected chi connectivity index (χ2v) is 5.80. The Balaban J connectivity index is 1.56. The molecule has 0 unspecified atom stereocenters. The second-order valence-electron chi connectivity index (χ2n) is 5.80. The normalized spacial score (nSPS) is 10.7. The van der Waals surface area contributed by atoms with Crippen LogP contribution in [-0.4, -0.2) is 21.7 Å². The summed E-state index contributed by atoms with van der Waals surface area (Å²) in [6, 6.07) is 4.17. The van der Waals surface area contributed by atoms with E-state index in [2.05, 4.69) is 10.4 Å². The summed E-state index contributed by atoms with van der Waals surface area (Å²) in [6.07, 6.45) is 1.82. The fraction of sp³-hybridized carbons (Fsp3) is 0.167. The van der Waals surface area contributed by atoms with Crippen molar-refractivity contribution >= 4 is 17.6 Å². The minimum absolute atomic E-state index is 0.203. The van der Waals surface area contributed by atoms with Crippen LogP contribution in [0.5, 0.6) is 0 Å². The number of furan rings is 1. The molecule has 0 saturated carbocycles. The Hall–Kier alpha value is -3.56. The van der Waals surface area contributed by atoms with Crippen molar-refractivity contribution in [2.24, 2.45) is 0 Å². The first-order valence-corrected chi connectivity index (χ1v) is 8.01. The number of carbonyl (C=O) groups is 2. The summed E-state index contributed by atoms with van der Waals surface area (Å²) in [7, 11) is 0. The van der Waals surface area contributed by atoms with Gasteiger partial charge in [0, 0.05) is 25.3 Å². The van der Waals surface area contributed by atoms with Gasteiger partial charge in [0.25, 0.3) is 0 Å². The maximum absolute atomic E-state index is 13.5. The number of ketones is 1. The van der Waals surface area contributed by atoms with Crippen molar-refractivity contribution in [2.75, 3.05) is 5.32 Å². The zero-order valence-corrected chi connectivity index (χ0v) is 14.5. The van der Waals surface area contributed by atoms with E-state index >= 15 is 0 Å². The molecular weight excluding hydrogens is 379 g/mol. The van der Waals surface area contributed by atoms with Crippen molar-refractivity contribution in [3.05, 3.63) is 71.2 Å². The zero-order valence-electron chi connectivity index (χ0n) is 14.5. The van der Waals surface area contributed by atoms with Crippen molar-refractivity contribution in [1.29, 1.82) is 0 Å². The van der Waals surface area contributed by atoms with Gasteiger partial charge in [-0.2, -0.15) is 5.10 Å². The number of anilines is 1. The van der Waals surface area contributed by atoms with E-state index in [1.807, 2.05) is 0 Å². The van der Waals surface area contributed by atoms with Gasteiger partial charge in [0.15, 0.2) is 11.5 Å². The van der Waals surface area contributed by atoms with E-state index in [1.165, 1.54) is 24.0 Å². The summed E-state index contributed by atoms with van der Waals surface area (Å²) >= 11 is 0. The van der Waals surface area contributed by atoms with Gasteiger partial charge in [0.1, 0.15) is 29.8 Å². The number of aromatic nitrogens is 2. The molecule has 3 aromatic rings. The molecular formula is C18H14F3N3O4. The van der Waals surface area contributed by atoms with Crippen LogP contribution in [0.2, 0.25) is 0 Å². The number of ether oxygens (including phenoxy) is 1. The molecule has 1 amide bonds. The third-order valence-corrected chi connectivity index (χ3v) is 3.66. The van der Waals surface area contributed by atoms with Crippen LogP contribution in [0.1, 0.15) is 28.8 Å². The average Bonchev–Trinajstić information content (AvgIpc) is 3.24. The van der Waals surface area contributed by atoms with Gasteiger partial charge < -0.3 is 9.15 Å². The van der Waals surface area contributed by atoms with Gasteiger partial charge in [-0.05, 0) is 12.1 Å². The van der Waals surface area contributed by atoms with Crippen molar-refractivity contribution < 1.29 is 31.9 Å². The highest BCUT2D eigenvalue weighted by atomic mass is 19.1. The smallest absolute Gasteiger partial charge is 0.412 e. The molecule has 0 aliphatic heterocycles. The quantitative estimate of drug-likeness (QED) is 0.642. The van der Waals surface area contributed by atoms with E-state index in [4.69, 9.17) is 9.15 Å². The van der Waals surface area contributed by atoms with Crippen LogP contribution in [0.15, 0.2) is 41.1 Å². The first-order chi connectivity index (χ1) is 13.3. The molecule has 0 aliphatic rings. The van der Waals surface area contributed by atoms with Crippen molar-refractivity contribution in [3.63, 3.8) is 0 Å². The summed E-state index contributed by atoms with van der Waals surface area (Å²) in [4.78, 5) is 23.0. The molecule has 0 fully saturated rings. The van der Waals surface area contributed by atoms with Crippen LogP contribution < -0.4 is 5.32 Å². The van der Waals surface area contributed by atoms with E-state index in [9.17, 15) is 22.8 Å². The van der Waals surface area contributed by atoms with Gasteiger partial charge in [0.2, 0.25) is 0 Å². The van der Waals surface area contributed by atoms with Gasteiger partial charge in [0.05, 0.1) is 24.0 Å². The Bertz CT molecular complexity index is 1010. The molecule has 146 valence electrons. The Morgan fingerprint density at radius 2 is 1.93 bits per heavy atom. The van der Waals surface area contributed by atoms with Gasteiger partial charge in [-0.15, -0.1) is 0 Å². The largest absolute Gasteiger partial charge is 0.456 e. The Labute approximate surface area is 156 Å². The zero-order chi connectivity index (χ0) is 20.3. The van der Waals surface area contributed by atoms with Gasteiger partial charge in [-0.25, -0.2) is 18.0 Å². The van der Waals surface area contributed by atoms with Crippen LogP contribution in [0.4, 0.5) is 23.7 Å². The highest BCUT2D eigenvalue weighted by Crippen LogP contribution is 2.16. The fourth-order valence-electron chi connectivity index (χ4n) is 2.33. The lowest BCUT2D eigenvalue weighted by Gasteiger charge is -2.07. The maximum atomic E-state index is 13.5. The van der Waals surface area contributed by atoms with E-state index in [1.54, 1.807) is 12.1 Å². The number of carbonyl (C=O) groups excluding carboxylic acids is 2. The number of rotatable bonds is 6. The predicted molar refractivity (Wildman–Crippen MR) is 90.2 cm³/mol. The standard InChI is InChI=1S/C18H14F3N3O4/c1-10(25)17-3-2-13(28-17)8-24-7-12(6-22-24)23-18(26)27-9-14-15(20)4-11(19)5-16(14)21/h2-7H,8-9H2,1H3,(H,23,26). The average molecular weight is 393 g/mol. The molecule has 0 atom stereocenters. The molecule has 1 N–H and O–H groups in total. The van der Waals surface area contributed by atoms with Crippen molar-refractivity contribution in [3.8, 4) is 0 Å². The lowest BCUT2D eigenvalue weighted by Crippen LogP contribution is -2.14. The number of hydrogen-bond donors (Lipinski definition) is 1. The van der Waals surface area contributed by atoms with Gasteiger partial charge in [-0.3, -0.25) is 14.8 Å². The topological polar surface area (TPSA) is 86.4 Å². The molecule has 0 aliphatic carbocycles.